The first-order valence-corrected chi connectivity index (χ1v) is 31.2. The van der Waals surface area contributed by atoms with Crippen molar-refractivity contribution in [2.24, 2.45) is 28.6 Å². The van der Waals surface area contributed by atoms with Crippen LogP contribution in [0.1, 0.15) is 156 Å². The summed E-state index contributed by atoms with van der Waals surface area (Å²) in [5, 5.41) is 53.2. The van der Waals surface area contributed by atoms with Crippen molar-refractivity contribution >= 4 is 65.7 Å². The average molecular weight is 1300 g/mol. The number of nitrogens with one attached hydrogen (secondary N) is 5. The van der Waals surface area contributed by atoms with Gasteiger partial charge in [-0.15, -0.1) is 19.7 Å². The van der Waals surface area contributed by atoms with Gasteiger partial charge >= 0.3 is 36.2 Å². The van der Waals surface area contributed by atoms with Crippen LogP contribution in [-0.4, -0.2) is 216 Å². The average Bonchev–Trinajstić information content (AvgIpc) is 1.60. The Hall–Kier alpha value is -7.33. The van der Waals surface area contributed by atoms with Crippen LogP contribution in [0.25, 0.3) is 0 Å². The molecule has 28 heteroatoms. The second-order valence-corrected chi connectivity index (χ2v) is 29.5. The summed E-state index contributed by atoms with van der Waals surface area (Å²) in [6.07, 6.45) is 0.804. The van der Waals surface area contributed by atoms with E-state index in [4.69, 9.17) is 23.7 Å². The van der Waals surface area contributed by atoms with E-state index < -0.39 is 164 Å². The Morgan fingerprint density at radius 3 is 1.02 bits per heavy atom. The molecule has 0 radical (unpaired) electrons. The summed E-state index contributed by atoms with van der Waals surface area (Å²) in [5.41, 5.74) is -7.47. The van der Waals surface area contributed by atoms with Crippen molar-refractivity contribution in [2.45, 2.75) is 238 Å². The van der Waals surface area contributed by atoms with Crippen LogP contribution in [0.4, 0.5) is 14.4 Å². The summed E-state index contributed by atoms with van der Waals surface area (Å²) < 4.78 is 26.1. The van der Waals surface area contributed by atoms with Gasteiger partial charge in [0.2, 0.25) is 29.5 Å². The Bertz CT molecular complexity index is 2810. The molecule has 0 aromatic heterocycles. The van der Waals surface area contributed by atoms with Crippen LogP contribution in [0.5, 0.6) is 0 Å². The molecule has 28 nitrogen and oxygen atoms in total. The number of aliphatic hydroxyl groups is 3. The molecule has 6 unspecified atom stereocenters. The number of β-amino-alcohol motifs (C(OH)–C–C–N with tert-alkyl or cyclic N) is 3. The smallest absolute Gasteiger partial charge is 0.411 e. The van der Waals surface area contributed by atoms with Crippen molar-refractivity contribution in [2.75, 3.05) is 32.8 Å². The van der Waals surface area contributed by atoms with Gasteiger partial charge in [-0.2, -0.15) is 0 Å². The molecule has 6 rings (SSSR count). The summed E-state index contributed by atoms with van der Waals surface area (Å²) >= 11 is 0. The van der Waals surface area contributed by atoms with Crippen LogP contribution in [-0.2, 0) is 62.0 Å². The van der Waals surface area contributed by atoms with Crippen LogP contribution in [0.2, 0.25) is 0 Å². The first-order chi connectivity index (χ1) is 42.1. The molecule has 9 N–H and O–H groups in total. The zero-order valence-corrected chi connectivity index (χ0v) is 56.6. The first kappa shape index (κ1) is 77.1. The minimum absolute atomic E-state index is 0.00426. The highest BCUT2D eigenvalue weighted by atomic mass is 16.6. The Morgan fingerprint density at radius 2 is 0.761 bits per heavy atom. The lowest BCUT2D eigenvalue weighted by Gasteiger charge is -2.36. The molecule has 0 bridgehead atoms. The van der Waals surface area contributed by atoms with Gasteiger partial charge in [-0.3, -0.25) is 28.9 Å². The van der Waals surface area contributed by atoms with Crippen LogP contribution >= 0.6 is 0 Å². The molecule has 3 aliphatic heterocycles. The van der Waals surface area contributed by atoms with Crippen LogP contribution in [0.15, 0.2) is 38.0 Å². The fraction of sp³-hybridized carbons (Fsp3) is 0.734. The van der Waals surface area contributed by atoms with Crippen LogP contribution in [0.3, 0.4) is 0 Å². The minimum Gasteiger partial charge on any atom is -0.479 e. The number of hydrogen-bond donors (Lipinski definition) is 9. The molecule has 0 aromatic carbocycles. The molecule has 0 spiro atoms. The monoisotopic (exact) mass is 1300 g/mol. The maximum atomic E-state index is 13.5. The van der Waals surface area contributed by atoms with Gasteiger partial charge in [-0.1, -0.05) is 59.8 Å². The molecular weight excluding hydrogens is 1200 g/mol. The zero-order chi connectivity index (χ0) is 70.4. The lowest BCUT2D eigenvalue weighted by molar-refractivity contribution is -0.150. The highest BCUT2D eigenvalue weighted by Crippen LogP contribution is 2.48. The summed E-state index contributed by atoms with van der Waals surface area (Å²) in [7, 11) is 0. The number of ether oxygens (including phenoxy) is 5. The maximum Gasteiger partial charge on any atom is 0.411 e. The van der Waals surface area contributed by atoms with E-state index in [0.29, 0.717) is 12.8 Å². The number of carboxylic acid groups (broad SMARTS) is 1. The van der Waals surface area contributed by atoms with E-state index >= 15 is 0 Å². The fourth-order valence-corrected chi connectivity index (χ4v) is 11.1. The molecular formula is C64H102N8O20. The molecule has 0 aromatic rings. The number of aliphatic carboxylic acids is 1. The van der Waals surface area contributed by atoms with E-state index in [9.17, 15) is 73.2 Å². The normalized spacial score (nSPS) is 28.7. The number of hydrogen-bond acceptors (Lipinski definition) is 19. The highest BCUT2D eigenvalue weighted by Gasteiger charge is 2.64. The number of carbonyl (C=O) groups is 11. The van der Waals surface area contributed by atoms with Gasteiger partial charge in [0.05, 0.1) is 38.1 Å². The third kappa shape index (κ3) is 19.6. The Labute approximate surface area is 539 Å². The maximum absolute atomic E-state index is 13.5. The number of carbonyl (C=O) groups excluding carboxylic acids is 10. The molecule has 3 heterocycles. The van der Waals surface area contributed by atoms with Crippen LogP contribution in [0, 0.1) is 28.6 Å². The van der Waals surface area contributed by atoms with E-state index in [0.717, 1.165) is 0 Å². The zero-order valence-electron chi connectivity index (χ0n) is 56.6. The molecule has 518 valence electrons. The van der Waals surface area contributed by atoms with Gasteiger partial charge in [-0.25, -0.2) is 28.8 Å². The summed E-state index contributed by atoms with van der Waals surface area (Å²) in [6.45, 7) is 40.6. The van der Waals surface area contributed by atoms with Gasteiger partial charge < -0.3 is 80.5 Å². The number of likely N-dealkylation sites (tertiary alicyclic amines) is 3. The number of rotatable bonds is 18. The van der Waals surface area contributed by atoms with Gasteiger partial charge in [0.15, 0.2) is 0 Å². The van der Waals surface area contributed by atoms with Gasteiger partial charge in [0.25, 0.3) is 0 Å². The second kappa shape index (κ2) is 29.3. The molecule has 3 aliphatic carbocycles. The largest absolute Gasteiger partial charge is 0.479 e. The van der Waals surface area contributed by atoms with E-state index in [-0.39, 0.29) is 70.4 Å². The van der Waals surface area contributed by atoms with Gasteiger partial charge in [-0.05, 0) is 106 Å². The van der Waals surface area contributed by atoms with Gasteiger partial charge in [0, 0.05) is 50.1 Å². The standard InChI is InChI=1S/C24H39N3O7.C22H35N3O7.C18H28N2O6/c1-9-14-12-24(14,20(31)33-10-2)26-18(29)16-11-15(28)13-27(16)19(30)17(22(3,4)5)25-21(32)34-23(6,7)8;1-8-12-10-22(12,18(29)30)24-16(27)14-9-13(26)11-25(14)17(28)15(20(2,3)4)23-19(31)32-21(5,6)7;1-6-11-9-18(11,15(23)25-7-2)19-14(22)13-8-12(21)10-20(13)16(24)26-17(3,4)5/h9,14-17,28H,1,10-13H2,2-8H3,(H,25,32)(H,26,29);8,12-15,26H,1,9-11H2,2-7H3,(H,23,31)(H,24,27)(H,29,30);6,11-13,21H,1,7-10H2,2-5H3,(H,19,22)/t14?,15-,16+,17-,24?;12?,13-,14+,15-,22?;11?,12-,13+,18?/m111/s1. The molecule has 3 saturated heterocycles. The minimum atomic E-state index is -1.45. The van der Waals surface area contributed by atoms with Gasteiger partial charge in [0.1, 0.15) is 63.6 Å². The lowest BCUT2D eigenvalue weighted by Crippen LogP contribution is -2.59. The van der Waals surface area contributed by atoms with Crippen LogP contribution < -0.4 is 26.6 Å². The van der Waals surface area contributed by atoms with Crippen molar-refractivity contribution in [3.05, 3.63) is 38.0 Å². The van der Waals surface area contributed by atoms with Crippen molar-refractivity contribution in [3.63, 3.8) is 0 Å². The second-order valence-electron chi connectivity index (χ2n) is 29.5. The van der Waals surface area contributed by atoms with E-state index in [1.165, 1.54) is 20.8 Å². The van der Waals surface area contributed by atoms with Crippen molar-refractivity contribution in [1.29, 1.82) is 0 Å². The quantitative estimate of drug-likeness (QED) is 0.0538. The van der Waals surface area contributed by atoms with Crippen molar-refractivity contribution < 1.29 is 96.9 Å². The molecule has 6 fully saturated rings. The Morgan fingerprint density at radius 1 is 0.478 bits per heavy atom. The lowest BCUT2D eigenvalue weighted by atomic mass is 9.85. The van der Waals surface area contributed by atoms with Crippen molar-refractivity contribution in [3.8, 4) is 0 Å². The number of nitrogens with zero attached hydrogens (tertiary/aromatic N) is 3. The molecule has 92 heavy (non-hydrogen) atoms. The third-order valence-corrected chi connectivity index (χ3v) is 16.1. The summed E-state index contributed by atoms with van der Waals surface area (Å²) in [5.74, 6) is -5.94. The fourth-order valence-electron chi connectivity index (χ4n) is 11.1. The van der Waals surface area contributed by atoms with E-state index in [1.807, 2.05) is 0 Å². The number of aliphatic hydroxyl groups excluding tert-OH is 3. The van der Waals surface area contributed by atoms with E-state index in [2.05, 4.69) is 46.3 Å². The highest BCUT2D eigenvalue weighted by molar-refractivity contribution is 5.98. The number of esters is 2. The number of carboxylic acids is 1. The topological polar surface area (TPSA) is 385 Å². The summed E-state index contributed by atoms with van der Waals surface area (Å²) in [4.78, 5) is 143. The van der Waals surface area contributed by atoms with Crippen molar-refractivity contribution in [1.82, 2.24) is 41.3 Å². The molecule has 8 amide bonds. The number of alkyl carbamates (subject to hydrolysis) is 2. The number of amides is 8. The Kier molecular flexibility index (Phi) is 24.6. The predicted octanol–water partition coefficient (Wildman–Crippen LogP) is 3.53. The Balaban J connectivity index is 0.000000297. The molecule has 14 atom stereocenters. The first-order valence-electron chi connectivity index (χ1n) is 31.2. The predicted molar refractivity (Wildman–Crippen MR) is 333 cm³/mol. The summed E-state index contributed by atoms with van der Waals surface area (Å²) in [6, 6.07) is -5.02. The molecule has 6 aliphatic rings. The van der Waals surface area contributed by atoms with E-state index in [1.54, 1.807) is 130 Å². The molecule has 3 saturated carbocycles. The third-order valence-electron chi connectivity index (χ3n) is 16.1. The SMILES string of the molecule is C=CC1CC1(NC(=O)[C@@H]1C[C@@H](O)CN1C(=O)OC(C)(C)C)C(=O)OCC.C=CC1CC1(NC(=O)[C@@H]1C[C@@H](O)CN1C(=O)[C@@H](NC(=O)OC(C)(C)C)C(C)(C)C)C(=O)O.C=CC1CC1(NC(=O)[C@@H]1C[C@@H](O)CN1C(=O)[C@@H](NC(=O)OC(C)(C)C)C(C)(C)C)C(=O)OCC.